The van der Waals surface area contributed by atoms with Crippen molar-refractivity contribution >= 4 is 28.6 Å². The number of fused-ring (bicyclic) bond motifs is 1. The van der Waals surface area contributed by atoms with E-state index in [-0.39, 0.29) is 17.2 Å². The largest absolute Gasteiger partial charge is 0.492 e. The number of nitrogens with zero attached hydrogens (tertiary/aromatic N) is 3. The minimum Gasteiger partial charge on any atom is -0.492 e. The van der Waals surface area contributed by atoms with Gasteiger partial charge in [0.1, 0.15) is 5.75 Å². The van der Waals surface area contributed by atoms with Crippen LogP contribution in [0.25, 0.3) is 16.6 Å². The SMILES string of the molecule is CCOc1ccccc1-n1c(SCC(=O)N2CCCCC2)nc2ccccc2c1=O. The summed E-state index contributed by atoms with van der Waals surface area (Å²) in [4.78, 5) is 32.8. The number of carbonyl (C=O) groups is 1. The van der Waals surface area contributed by atoms with E-state index in [0.717, 1.165) is 25.9 Å². The number of hydrogen-bond acceptors (Lipinski definition) is 5. The Balaban J connectivity index is 1.75. The van der Waals surface area contributed by atoms with Crippen LogP contribution < -0.4 is 10.3 Å². The summed E-state index contributed by atoms with van der Waals surface area (Å²) >= 11 is 1.30. The zero-order chi connectivity index (χ0) is 20.9. The molecule has 1 aliphatic rings. The van der Waals surface area contributed by atoms with Gasteiger partial charge in [-0.15, -0.1) is 0 Å². The highest BCUT2D eigenvalue weighted by Crippen LogP contribution is 2.27. The lowest BCUT2D eigenvalue weighted by molar-refractivity contribution is -0.129. The molecule has 2 heterocycles. The molecule has 0 radical (unpaired) electrons. The molecule has 156 valence electrons. The normalized spacial score (nSPS) is 14.1. The summed E-state index contributed by atoms with van der Waals surface area (Å²) in [6.45, 7) is 4.02. The second-order valence-corrected chi connectivity index (χ2v) is 8.13. The van der Waals surface area contributed by atoms with Crippen molar-refractivity contribution in [1.29, 1.82) is 0 Å². The Morgan fingerprint density at radius 2 is 1.80 bits per heavy atom. The van der Waals surface area contributed by atoms with Crippen molar-refractivity contribution in [2.75, 3.05) is 25.4 Å². The molecule has 0 bridgehead atoms. The standard InChI is InChI=1S/C23H25N3O3S/c1-2-29-20-13-7-6-12-19(20)26-22(28)17-10-4-5-11-18(17)24-23(26)30-16-21(27)25-14-8-3-9-15-25/h4-7,10-13H,2-3,8-9,14-16H2,1H3. The zero-order valence-corrected chi connectivity index (χ0v) is 17.9. The Labute approximate surface area is 179 Å². The van der Waals surface area contributed by atoms with Crippen LogP contribution in [0.1, 0.15) is 26.2 Å². The minimum atomic E-state index is -0.166. The van der Waals surface area contributed by atoms with E-state index in [9.17, 15) is 9.59 Å². The maximum atomic E-state index is 13.4. The van der Waals surface area contributed by atoms with Crippen molar-refractivity contribution in [3.05, 3.63) is 58.9 Å². The smallest absolute Gasteiger partial charge is 0.266 e. The summed E-state index contributed by atoms with van der Waals surface area (Å²) in [5, 5.41) is 1.03. The molecule has 7 heteroatoms. The summed E-state index contributed by atoms with van der Waals surface area (Å²) in [5.41, 5.74) is 1.09. The number of carbonyl (C=O) groups excluding carboxylic acids is 1. The van der Waals surface area contributed by atoms with Gasteiger partial charge in [-0.2, -0.15) is 0 Å². The van der Waals surface area contributed by atoms with Crippen LogP contribution in [0.2, 0.25) is 0 Å². The van der Waals surface area contributed by atoms with Gasteiger partial charge in [0.05, 0.1) is 29.0 Å². The van der Waals surface area contributed by atoms with Crippen molar-refractivity contribution in [2.45, 2.75) is 31.3 Å². The van der Waals surface area contributed by atoms with Crippen LogP contribution in [0.15, 0.2) is 58.5 Å². The van der Waals surface area contributed by atoms with Gasteiger partial charge in [-0.05, 0) is 50.5 Å². The highest BCUT2D eigenvalue weighted by Gasteiger charge is 2.20. The second kappa shape index (κ2) is 9.34. The van der Waals surface area contributed by atoms with Gasteiger partial charge in [-0.3, -0.25) is 14.2 Å². The van der Waals surface area contributed by atoms with Gasteiger partial charge in [0.25, 0.3) is 5.56 Å². The number of aromatic nitrogens is 2. The van der Waals surface area contributed by atoms with E-state index in [2.05, 4.69) is 0 Å². The van der Waals surface area contributed by atoms with Gasteiger partial charge in [0.2, 0.25) is 5.91 Å². The minimum absolute atomic E-state index is 0.0896. The number of rotatable bonds is 6. The molecule has 0 atom stereocenters. The summed E-state index contributed by atoms with van der Waals surface area (Å²) in [7, 11) is 0. The van der Waals surface area contributed by atoms with E-state index in [1.807, 2.05) is 54.3 Å². The molecular formula is C23H25N3O3S. The molecule has 30 heavy (non-hydrogen) atoms. The van der Waals surface area contributed by atoms with Gasteiger partial charge in [0, 0.05) is 13.1 Å². The molecule has 0 aliphatic carbocycles. The number of hydrogen-bond donors (Lipinski definition) is 0. The highest BCUT2D eigenvalue weighted by molar-refractivity contribution is 7.99. The van der Waals surface area contributed by atoms with E-state index in [0.29, 0.717) is 34.1 Å². The molecule has 1 aromatic heterocycles. The Hall–Kier alpha value is -2.80. The molecule has 0 N–H and O–H groups in total. The fraction of sp³-hybridized carbons (Fsp3) is 0.348. The number of benzene rings is 2. The predicted octanol–water partition coefficient (Wildman–Crippen LogP) is 3.89. The quantitative estimate of drug-likeness (QED) is 0.445. The number of thioether (sulfide) groups is 1. The lowest BCUT2D eigenvalue weighted by Gasteiger charge is -2.26. The van der Waals surface area contributed by atoms with Crippen LogP contribution in [0.3, 0.4) is 0 Å². The van der Waals surface area contributed by atoms with Crippen molar-refractivity contribution in [1.82, 2.24) is 14.5 Å². The fourth-order valence-corrected chi connectivity index (χ4v) is 4.61. The molecule has 6 nitrogen and oxygen atoms in total. The van der Waals surface area contributed by atoms with Crippen molar-refractivity contribution in [3.63, 3.8) is 0 Å². The average Bonchev–Trinajstić information content (AvgIpc) is 2.79. The average molecular weight is 424 g/mol. The van der Waals surface area contributed by atoms with E-state index in [4.69, 9.17) is 9.72 Å². The molecule has 0 unspecified atom stereocenters. The van der Waals surface area contributed by atoms with Crippen LogP contribution in [0.4, 0.5) is 0 Å². The van der Waals surface area contributed by atoms with Gasteiger partial charge in [-0.25, -0.2) is 4.98 Å². The second-order valence-electron chi connectivity index (χ2n) is 7.18. The first kappa shape index (κ1) is 20.5. The molecule has 0 saturated carbocycles. The van der Waals surface area contributed by atoms with Crippen molar-refractivity contribution in [2.24, 2.45) is 0 Å². The Morgan fingerprint density at radius 1 is 1.07 bits per heavy atom. The molecule has 1 fully saturated rings. The van der Waals surface area contributed by atoms with Crippen LogP contribution >= 0.6 is 11.8 Å². The van der Waals surface area contributed by atoms with Gasteiger partial charge in [-0.1, -0.05) is 36.0 Å². The molecular weight excluding hydrogens is 398 g/mol. The summed E-state index contributed by atoms with van der Waals surface area (Å²) in [5.74, 6) is 0.955. The van der Waals surface area contributed by atoms with E-state index < -0.39 is 0 Å². The number of ether oxygens (including phenoxy) is 1. The maximum absolute atomic E-state index is 13.4. The fourth-order valence-electron chi connectivity index (χ4n) is 3.70. The number of piperidine rings is 1. The Bertz CT molecular complexity index is 1110. The predicted molar refractivity (Wildman–Crippen MR) is 120 cm³/mol. The number of likely N-dealkylation sites (tertiary alicyclic amines) is 1. The first-order chi connectivity index (χ1) is 14.7. The summed E-state index contributed by atoms with van der Waals surface area (Å²) < 4.78 is 7.33. The number of para-hydroxylation sites is 3. The Kier molecular flexibility index (Phi) is 6.38. The third-order valence-electron chi connectivity index (χ3n) is 5.18. The zero-order valence-electron chi connectivity index (χ0n) is 17.0. The molecule has 0 spiro atoms. The van der Waals surface area contributed by atoms with E-state index in [1.54, 1.807) is 10.6 Å². The first-order valence-corrected chi connectivity index (χ1v) is 11.3. The lowest BCUT2D eigenvalue weighted by atomic mass is 10.1. The molecule has 2 aromatic carbocycles. The lowest BCUT2D eigenvalue weighted by Crippen LogP contribution is -2.36. The van der Waals surface area contributed by atoms with Gasteiger partial charge in [0.15, 0.2) is 5.16 Å². The van der Waals surface area contributed by atoms with Crippen LogP contribution in [-0.4, -0.2) is 45.8 Å². The van der Waals surface area contributed by atoms with Crippen LogP contribution in [0, 0.1) is 0 Å². The topological polar surface area (TPSA) is 64.4 Å². The molecule has 1 aliphatic heterocycles. The molecule has 4 rings (SSSR count). The summed E-state index contributed by atoms with van der Waals surface area (Å²) in [6, 6.07) is 14.7. The molecule has 1 amide bonds. The highest BCUT2D eigenvalue weighted by atomic mass is 32.2. The molecule has 1 saturated heterocycles. The van der Waals surface area contributed by atoms with E-state index in [1.165, 1.54) is 18.2 Å². The van der Waals surface area contributed by atoms with Gasteiger partial charge < -0.3 is 9.64 Å². The molecule has 3 aromatic rings. The summed E-state index contributed by atoms with van der Waals surface area (Å²) in [6.07, 6.45) is 3.28. The Morgan fingerprint density at radius 3 is 2.60 bits per heavy atom. The third-order valence-corrected chi connectivity index (χ3v) is 6.11. The first-order valence-electron chi connectivity index (χ1n) is 10.3. The number of amides is 1. The maximum Gasteiger partial charge on any atom is 0.266 e. The monoisotopic (exact) mass is 423 g/mol. The van der Waals surface area contributed by atoms with Crippen LogP contribution in [0.5, 0.6) is 5.75 Å². The van der Waals surface area contributed by atoms with Crippen molar-refractivity contribution in [3.8, 4) is 11.4 Å². The van der Waals surface area contributed by atoms with E-state index >= 15 is 0 Å². The van der Waals surface area contributed by atoms with Crippen molar-refractivity contribution < 1.29 is 9.53 Å². The third kappa shape index (κ3) is 4.21. The van der Waals surface area contributed by atoms with Crippen LogP contribution in [-0.2, 0) is 4.79 Å². The van der Waals surface area contributed by atoms with Gasteiger partial charge >= 0.3 is 0 Å².